The lowest BCUT2D eigenvalue weighted by Gasteiger charge is -2.31. The summed E-state index contributed by atoms with van der Waals surface area (Å²) >= 11 is 0. The summed E-state index contributed by atoms with van der Waals surface area (Å²) in [6.07, 6.45) is -4.75. The fraction of sp³-hybridized carbons (Fsp3) is 0.529. The molecular formula is C17H21F3N2O2. The van der Waals surface area contributed by atoms with Crippen molar-refractivity contribution in [1.82, 2.24) is 9.80 Å². The monoisotopic (exact) mass is 342 g/mol. The van der Waals surface area contributed by atoms with Gasteiger partial charge in [-0.1, -0.05) is 30.3 Å². The van der Waals surface area contributed by atoms with E-state index >= 15 is 0 Å². The normalized spacial score (nSPS) is 20.8. The maximum absolute atomic E-state index is 12.6. The molecule has 0 aliphatic carbocycles. The molecule has 0 N–H and O–H groups in total. The average molecular weight is 342 g/mol. The minimum Gasteiger partial charge on any atom is -0.336 e. The fourth-order valence-electron chi connectivity index (χ4n) is 3.07. The molecule has 0 saturated carbocycles. The van der Waals surface area contributed by atoms with Gasteiger partial charge >= 0.3 is 12.1 Å². The van der Waals surface area contributed by atoms with Gasteiger partial charge in [0.25, 0.3) is 0 Å². The van der Waals surface area contributed by atoms with E-state index in [1.54, 1.807) is 11.8 Å². The number of nitrogens with zero attached hydrogens (tertiary/aromatic N) is 2. The van der Waals surface area contributed by atoms with Crippen molar-refractivity contribution in [3.05, 3.63) is 35.9 Å². The van der Waals surface area contributed by atoms with Crippen LogP contribution in [0.5, 0.6) is 0 Å². The molecular weight excluding hydrogens is 321 g/mol. The van der Waals surface area contributed by atoms with Gasteiger partial charge in [0, 0.05) is 32.0 Å². The molecule has 4 nitrogen and oxygen atoms in total. The molecule has 1 aromatic rings. The quantitative estimate of drug-likeness (QED) is 0.844. The predicted octanol–water partition coefficient (Wildman–Crippen LogP) is 3.01. The number of hydrogen-bond acceptors (Lipinski definition) is 2. The first-order valence-electron chi connectivity index (χ1n) is 7.81. The number of hydrogen-bond donors (Lipinski definition) is 0. The zero-order valence-electron chi connectivity index (χ0n) is 13.9. The summed E-state index contributed by atoms with van der Waals surface area (Å²) in [5.41, 5.74) is 0.971. The third kappa shape index (κ3) is 3.71. The van der Waals surface area contributed by atoms with Crippen LogP contribution in [0.3, 0.4) is 0 Å². The largest absolute Gasteiger partial charge is 0.471 e. The van der Waals surface area contributed by atoms with Gasteiger partial charge in [0.15, 0.2) is 0 Å². The predicted molar refractivity (Wildman–Crippen MR) is 83.0 cm³/mol. The van der Waals surface area contributed by atoms with Crippen LogP contribution in [0.4, 0.5) is 13.2 Å². The molecule has 0 spiro atoms. The highest BCUT2D eigenvalue weighted by Crippen LogP contribution is 2.32. The van der Waals surface area contributed by atoms with Gasteiger partial charge in [-0.05, 0) is 19.4 Å². The highest BCUT2D eigenvalue weighted by molar-refractivity contribution is 5.82. The van der Waals surface area contributed by atoms with Crippen molar-refractivity contribution in [2.45, 2.75) is 38.5 Å². The van der Waals surface area contributed by atoms with Crippen LogP contribution in [-0.2, 0) is 9.59 Å². The smallest absolute Gasteiger partial charge is 0.336 e. The number of carbonyl (C=O) groups excluding carboxylic acids is 2. The van der Waals surface area contributed by atoms with Gasteiger partial charge in [0.2, 0.25) is 5.91 Å². The van der Waals surface area contributed by atoms with Crippen molar-refractivity contribution in [2.24, 2.45) is 5.92 Å². The molecule has 0 radical (unpaired) electrons. The standard InChI is InChI=1S/C17H21F3N2O2/c1-11(21(3)16(24)17(18,19)20)14-9-15(23)22(10-14)12(2)13-7-5-4-6-8-13/h4-8,11-12,14H,9-10H2,1-3H3/t11-,12-,14+/m0/s1. The van der Waals surface area contributed by atoms with Crippen molar-refractivity contribution in [3.8, 4) is 0 Å². The first-order chi connectivity index (χ1) is 11.1. The molecule has 1 saturated heterocycles. The molecule has 1 aliphatic heterocycles. The van der Waals surface area contributed by atoms with Crippen molar-refractivity contribution >= 4 is 11.8 Å². The molecule has 0 bridgehead atoms. The molecule has 0 unspecified atom stereocenters. The Morgan fingerprint density at radius 2 is 1.83 bits per heavy atom. The number of benzene rings is 1. The SMILES string of the molecule is C[C@@H]([C@@H]1CC(=O)N([C@@H](C)c2ccccc2)C1)N(C)C(=O)C(F)(F)F. The van der Waals surface area contributed by atoms with E-state index in [-0.39, 0.29) is 24.3 Å². The Labute approximate surface area is 139 Å². The van der Waals surface area contributed by atoms with Crippen LogP contribution in [0, 0.1) is 5.92 Å². The molecule has 0 aromatic heterocycles. The van der Waals surface area contributed by atoms with Crippen LogP contribution in [-0.4, -0.2) is 47.4 Å². The minimum atomic E-state index is -4.90. The lowest BCUT2D eigenvalue weighted by molar-refractivity contribution is -0.186. The highest BCUT2D eigenvalue weighted by Gasteiger charge is 2.45. The zero-order chi connectivity index (χ0) is 18.1. The number of alkyl halides is 3. The molecule has 7 heteroatoms. The van der Waals surface area contributed by atoms with E-state index in [1.807, 2.05) is 37.3 Å². The van der Waals surface area contributed by atoms with Gasteiger partial charge in [0.05, 0.1) is 6.04 Å². The molecule has 24 heavy (non-hydrogen) atoms. The van der Waals surface area contributed by atoms with Crippen LogP contribution in [0.15, 0.2) is 30.3 Å². The molecule has 1 aliphatic rings. The molecule has 1 fully saturated rings. The molecule has 1 heterocycles. The summed E-state index contributed by atoms with van der Waals surface area (Å²) in [5, 5.41) is 0. The highest BCUT2D eigenvalue weighted by atomic mass is 19.4. The Bertz CT molecular complexity index is 604. The number of halogens is 3. The second-order valence-electron chi connectivity index (χ2n) is 6.25. The Kier molecular flexibility index (Phi) is 5.20. The lowest BCUT2D eigenvalue weighted by Crippen LogP contribution is -2.46. The van der Waals surface area contributed by atoms with Gasteiger partial charge in [-0.15, -0.1) is 0 Å². The summed E-state index contributed by atoms with van der Waals surface area (Å²) in [6, 6.07) is 8.63. The van der Waals surface area contributed by atoms with Crippen molar-refractivity contribution in [3.63, 3.8) is 0 Å². The minimum absolute atomic E-state index is 0.101. The van der Waals surface area contributed by atoms with E-state index in [4.69, 9.17) is 0 Å². The number of amides is 2. The summed E-state index contributed by atoms with van der Waals surface area (Å²) < 4.78 is 37.7. The van der Waals surface area contributed by atoms with E-state index in [2.05, 4.69) is 0 Å². The summed E-state index contributed by atoms with van der Waals surface area (Å²) in [7, 11) is 1.13. The molecule has 3 atom stereocenters. The van der Waals surface area contributed by atoms with E-state index in [0.29, 0.717) is 11.4 Å². The summed E-state index contributed by atoms with van der Waals surface area (Å²) in [4.78, 5) is 26.0. The fourth-order valence-corrected chi connectivity index (χ4v) is 3.07. The van der Waals surface area contributed by atoms with E-state index in [1.165, 1.54) is 0 Å². The van der Waals surface area contributed by atoms with Crippen LogP contribution < -0.4 is 0 Å². The average Bonchev–Trinajstić information content (AvgIpc) is 2.93. The van der Waals surface area contributed by atoms with Gasteiger partial charge < -0.3 is 9.80 Å². The van der Waals surface area contributed by atoms with Crippen LogP contribution in [0.1, 0.15) is 31.9 Å². The molecule has 1 aromatic carbocycles. The van der Waals surface area contributed by atoms with Crippen molar-refractivity contribution in [1.29, 1.82) is 0 Å². The number of rotatable bonds is 4. The number of carbonyl (C=O) groups is 2. The number of likely N-dealkylation sites (tertiary alicyclic amines) is 1. The Morgan fingerprint density at radius 3 is 2.38 bits per heavy atom. The van der Waals surface area contributed by atoms with Crippen molar-refractivity contribution in [2.75, 3.05) is 13.6 Å². The Balaban J connectivity index is 2.07. The van der Waals surface area contributed by atoms with E-state index in [9.17, 15) is 22.8 Å². The Hall–Kier alpha value is -2.05. The van der Waals surface area contributed by atoms with Gasteiger partial charge in [-0.3, -0.25) is 9.59 Å². The maximum atomic E-state index is 12.6. The van der Waals surface area contributed by atoms with E-state index in [0.717, 1.165) is 12.6 Å². The second kappa shape index (κ2) is 6.83. The third-order valence-electron chi connectivity index (χ3n) is 4.79. The maximum Gasteiger partial charge on any atom is 0.471 e. The first-order valence-corrected chi connectivity index (χ1v) is 7.81. The van der Waals surface area contributed by atoms with Gasteiger partial charge in [-0.2, -0.15) is 13.2 Å². The van der Waals surface area contributed by atoms with E-state index < -0.39 is 18.1 Å². The van der Waals surface area contributed by atoms with Gasteiger partial charge in [-0.25, -0.2) is 0 Å². The molecule has 2 amide bonds. The molecule has 132 valence electrons. The Morgan fingerprint density at radius 1 is 1.25 bits per heavy atom. The summed E-state index contributed by atoms with van der Waals surface area (Å²) in [6.45, 7) is 3.79. The second-order valence-corrected chi connectivity index (χ2v) is 6.25. The third-order valence-corrected chi connectivity index (χ3v) is 4.79. The van der Waals surface area contributed by atoms with Crippen molar-refractivity contribution < 1.29 is 22.8 Å². The van der Waals surface area contributed by atoms with Gasteiger partial charge in [0.1, 0.15) is 0 Å². The first kappa shape index (κ1) is 18.3. The molecule has 2 rings (SSSR count). The van der Waals surface area contributed by atoms with Crippen LogP contribution >= 0.6 is 0 Å². The topological polar surface area (TPSA) is 40.6 Å². The summed E-state index contributed by atoms with van der Waals surface area (Å²) in [5.74, 6) is -2.30. The van der Waals surface area contributed by atoms with Crippen LogP contribution in [0.2, 0.25) is 0 Å². The lowest BCUT2D eigenvalue weighted by atomic mass is 9.99. The zero-order valence-corrected chi connectivity index (χ0v) is 13.9. The van der Waals surface area contributed by atoms with Crippen LogP contribution in [0.25, 0.3) is 0 Å².